The number of fused-ring (bicyclic) bond motifs is 1. The summed E-state index contributed by atoms with van der Waals surface area (Å²) in [7, 11) is 0. The Morgan fingerprint density at radius 2 is 1.81 bits per heavy atom. The molecule has 0 radical (unpaired) electrons. The lowest BCUT2D eigenvalue weighted by atomic mass is 10.1. The van der Waals surface area contributed by atoms with Crippen LogP contribution in [0.5, 0.6) is 5.75 Å². The van der Waals surface area contributed by atoms with Crippen molar-refractivity contribution in [3.63, 3.8) is 0 Å². The number of aromatic nitrogens is 4. The van der Waals surface area contributed by atoms with Gasteiger partial charge >= 0.3 is 6.36 Å². The van der Waals surface area contributed by atoms with Crippen molar-refractivity contribution < 1.29 is 22.6 Å². The third-order valence-corrected chi connectivity index (χ3v) is 3.58. The average Bonchev–Trinajstić information content (AvgIpc) is 3.00. The summed E-state index contributed by atoms with van der Waals surface area (Å²) in [4.78, 5) is 0. The number of ether oxygens (including phenoxy) is 2. The lowest BCUT2D eigenvalue weighted by Crippen LogP contribution is -2.16. The first-order valence-corrected chi connectivity index (χ1v) is 8.11. The molecule has 3 aromatic rings. The van der Waals surface area contributed by atoms with Gasteiger partial charge in [-0.2, -0.15) is 9.61 Å². The summed E-state index contributed by atoms with van der Waals surface area (Å²) in [5, 5.41) is 12.6. The van der Waals surface area contributed by atoms with Gasteiger partial charge in [-0.1, -0.05) is 13.3 Å². The smallest absolute Gasteiger partial charge is 0.406 e. The molecule has 0 spiro atoms. The van der Waals surface area contributed by atoms with E-state index in [-0.39, 0.29) is 12.4 Å². The Labute approximate surface area is 147 Å². The Morgan fingerprint density at radius 1 is 1.04 bits per heavy atom. The molecular formula is C17H17F3N4O2. The molecule has 0 amide bonds. The number of unbranched alkanes of at least 4 members (excludes halogenated alkanes) is 1. The van der Waals surface area contributed by atoms with Gasteiger partial charge in [0.05, 0.1) is 5.69 Å². The maximum absolute atomic E-state index is 12.2. The van der Waals surface area contributed by atoms with Gasteiger partial charge in [0.1, 0.15) is 12.4 Å². The van der Waals surface area contributed by atoms with Gasteiger partial charge in [-0.25, -0.2) is 0 Å². The summed E-state index contributed by atoms with van der Waals surface area (Å²) in [6.45, 7) is 3.00. The summed E-state index contributed by atoms with van der Waals surface area (Å²) < 4.78 is 47.7. The Morgan fingerprint density at radius 3 is 2.50 bits per heavy atom. The van der Waals surface area contributed by atoms with E-state index in [1.165, 1.54) is 24.3 Å². The fourth-order valence-corrected chi connectivity index (χ4v) is 2.31. The molecule has 0 unspecified atom stereocenters. The van der Waals surface area contributed by atoms with Crippen molar-refractivity contribution in [2.24, 2.45) is 0 Å². The fraction of sp³-hybridized carbons (Fsp3) is 0.353. The zero-order valence-electron chi connectivity index (χ0n) is 14.0. The van der Waals surface area contributed by atoms with Crippen LogP contribution in [0.4, 0.5) is 13.2 Å². The molecule has 3 rings (SSSR count). The fourth-order valence-electron chi connectivity index (χ4n) is 2.31. The standard InChI is InChI=1S/C17H17F3N4O2/c1-2-3-10-25-11-16-22-21-15-9-8-14(23-24(15)16)12-4-6-13(7-5-12)26-17(18,19)20/h4-9H,2-3,10-11H2,1H3. The van der Waals surface area contributed by atoms with Crippen molar-refractivity contribution in [2.75, 3.05) is 6.61 Å². The second-order valence-electron chi connectivity index (χ2n) is 5.58. The highest BCUT2D eigenvalue weighted by Crippen LogP contribution is 2.25. The molecule has 138 valence electrons. The largest absolute Gasteiger partial charge is 0.573 e. The lowest BCUT2D eigenvalue weighted by molar-refractivity contribution is -0.274. The van der Waals surface area contributed by atoms with E-state index in [1.54, 1.807) is 16.6 Å². The molecule has 0 saturated heterocycles. The van der Waals surface area contributed by atoms with Gasteiger partial charge in [0, 0.05) is 12.2 Å². The monoisotopic (exact) mass is 366 g/mol. The minimum Gasteiger partial charge on any atom is -0.406 e. The second-order valence-corrected chi connectivity index (χ2v) is 5.58. The quantitative estimate of drug-likeness (QED) is 0.592. The van der Waals surface area contributed by atoms with Crippen molar-refractivity contribution in [3.8, 4) is 17.0 Å². The first-order valence-electron chi connectivity index (χ1n) is 8.11. The summed E-state index contributed by atoms with van der Waals surface area (Å²) in [6, 6.07) is 8.98. The zero-order valence-corrected chi connectivity index (χ0v) is 14.0. The SMILES string of the molecule is CCCCOCc1nnc2ccc(-c3ccc(OC(F)(F)F)cc3)nn12. The highest BCUT2D eigenvalue weighted by atomic mass is 19.4. The summed E-state index contributed by atoms with van der Waals surface area (Å²) in [5.41, 5.74) is 1.79. The van der Waals surface area contributed by atoms with Gasteiger partial charge in [-0.3, -0.25) is 0 Å². The van der Waals surface area contributed by atoms with Crippen molar-refractivity contribution in [1.29, 1.82) is 0 Å². The molecule has 26 heavy (non-hydrogen) atoms. The normalized spacial score (nSPS) is 11.8. The van der Waals surface area contributed by atoms with E-state index in [1.807, 2.05) is 0 Å². The number of benzene rings is 1. The second kappa shape index (κ2) is 7.69. The maximum atomic E-state index is 12.2. The van der Waals surface area contributed by atoms with E-state index in [0.29, 0.717) is 29.3 Å². The Balaban J connectivity index is 1.79. The molecule has 1 aromatic carbocycles. The molecular weight excluding hydrogens is 349 g/mol. The Hall–Kier alpha value is -2.68. The predicted molar refractivity (Wildman–Crippen MR) is 87.5 cm³/mol. The minimum absolute atomic E-state index is 0.281. The number of hydrogen-bond acceptors (Lipinski definition) is 5. The highest BCUT2D eigenvalue weighted by molar-refractivity contribution is 5.61. The molecule has 9 heteroatoms. The number of halogens is 3. The molecule has 2 aromatic heterocycles. The van der Waals surface area contributed by atoms with Gasteiger partial charge in [0.15, 0.2) is 11.5 Å². The van der Waals surface area contributed by atoms with Gasteiger partial charge in [0.2, 0.25) is 0 Å². The topological polar surface area (TPSA) is 61.5 Å². The Kier molecular flexibility index (Phi) is 5.36. The van der Waals surface area contributed by atoms with Gasteiger partial charge < -0.3 is 9.47 Å². The first-order chi connectivity index (χ1) is 12.5. The molecule has 2 heterocycles. The molecule has 0 N–H and O–H groups in total. The van der Waals surface area contributed by atoms with E-state index < -0.39 is 6.36 Å². The minimum atomic E-state index is -4.71. The van der Waals surface area contributed by atoms with Crippen LogP contribution < -0.4 is 4.74 Å². The van der Waals surface area contributed by atoms with E-state index in [4.69, 9.17) is 4.74 Å². The van der Waals surface area contributed by atoms with Gasteiger partial charge in [-0.15, -0.1) is 23.4 Å². The molecule has 0 fully saturated rings. The Bertz CT molecular complexity index is 863. The van der Waals surface area contributed by atoms with E-state index >= 15 is 0 Å². The molecule has 0 aliphatic heterocycles. The van der Waals surface area contributed by atoms with Crippen LogP contribution in [0.25, 0.3) is 16.9 Å². The molecule has 0 bridgehead atoms. The predicted octanol–water partition coefficient (Wildman–Crippen LogP) is 4.01. The van der Waals surface area contributed by atoms with Crippen molar-refractivity contribution in [1.82, 2.24) is 19.8 Å². The summed E-state index contributed by atoms with van der Waals surface area (Å²) in [6.07, 6.45) is -2.72. The summed E-state index contributed by atoms with van der Waals surface area (Å²) in [5.74, 6) is 0.284. The van der Waals surface area contributed by atoms with Crippen LogP contribution in [0.15, 0.2) is 36.4 Å². The van der Waals surface area contributed by atoms with Gasteiger partial charge in [-0.05, 0) is 42.8 Å². The molecule has 0 aliphatic rings. The number of alkyl halides is 3. The van der Waals surface area contributed by atoms with Gasteiger partial charge in [0.25, 0.3) is 0 Å². The number of rotatable bonds is 7. The van der Waals surface area contributed by atoms with E-state index in [9.17, 15) is 13.2 Å². The third-order valence-electron chi connectivity index (χ3n) is 3.58. The van der Waals surface area contributed by atoms with Crippen LogP contribution in [0.1, 0.15) is 25.6 Å². The summed E-state index contributed by atoms with van der Waals surface area (Å²) >= 11 is 0. The van der Waals surface area contributed by atoms with Crippen molar-refractivity contribution in [2.45, 2.75) is 32.7 Å². The first kappa shape index (κ1) is 18.1. The molecule has 0 saturated carbocycles. The van der Waals surface area contributed by atoms with Crippen LogP contribution in [0, 0.1) is 0 Å². The number of nitrogens with zero attached hydrogens (tertiary/aromatic N) is 4. The van der Waals surface area contributed by atoms with Crippen LogP contribution in [0.2, 0.25) is 0 Å². The zero-order chi connectivity index (χ0) is 18.6. The molecule has 0 aliphatic carbocycles. The lowest BCUT2D eigenvalue weighted by Gasteiger charge is -2.09. The molecule has 6 nitrogen and oxygen atoms in total. The number of hydrogen-bond donors (Lipinski definition) is 0. The van der Waals surface area contributed by atoms with Crippen LogP contribution in [-0.4, -0.2) is 32.8 Å². The highest BCUT2D eigenvalue weighted by Gasteiger charge is 2.30. The van der Waals surface area contributed by atoms with Crippen molar-refractivity contribution >= 4 is 5.65 Å². The van der Waals surface area contributed by atoms with Crippen LogP contribution in [0.3, 0.4) is 0 Å². The van der Waals surface area contributed by atoms with E-state index in [2.05, 4.69) is 27.0 Å². The van der Waals surface area contributed by atoms with E-state index in [0.717, 1.165) is 12.8 Å². The van der Waals surface area contributed by atoms with Crippen LogP contribution in [-0.2, 0) is 11.3 Å². The third kappa shape index (κ3) is 4.48. The van der Waals surface area contributed by atoms with Crippen molar-refractivity contribution in [3.05, 3.63) is 42.2 Å². The maximum Gasteiger partial charge on any atom is 0.573 e. The molecule has 0 atom stereocenters. The van der Waals surface area contributed by atoms with Crippen LogP contribution >= 0.6 is 0 Å². The average molecular weight is 366 g/mol.